The molecule has 0 spiro atoms. The summed E-state index contributed by atoms with van der Waals surface area (Å²) < 4.78 is 30.6. The van der Waals surface area contributed by atoms with Crippen LogP contribution >= 0.6 is 0 Å². The van der Waals surface area contributed by atoms with Gasteiger partial charge in [-0.25, -0.2) is 12.9 Å². The summed E-state index contributed by atoms with van der Waals surface area (Å²) in [6.45, 7) is 0. The average molecular weight is 394 g/mol. The lowest BCUT2D eigenvalue weighted by atomic mass is 10.1. The van der Waals surface area contributed by atoms with E-state index in [1.54, 1.807) is 29.8 Å². The Balaban J connectivity index is 1.73. The fourth-order valence-corrected chi connectivity index (χ4v) is 3.53. The van der Waals surface area contributed by atoms with Gasteiger partial charge in [0.1, 0.15) is 5.75 Å². The molecule has 0 amide bonds. The molecule has 7 nitrogen and oxygen atoms in total. The fraction of sp³-hybridized carbons (Fsp3) is 0.100. The van der Waals surface area contributed by atoms with Crippen molar-refractivity contribution in [1.29, 1.82) is 0 Å². The number of nitrogens with zero attached hydrogens (tertiary/aromatic N) is 3. The topological polar surface area (TPSA) is 85.6 Å². The summed E-state index contributed by atoms with van der Waals surface area (Å²) in [5.41, 5.74) is 2.98. The van der Waals surface area contributed by atoms with Crippen molar-refractivity contribution in [2.45, 2.75) is 4.90 Å². The minimum atomic E-state index is -3.30. The van der Waals surface area contributed by atoms with E-state index in [0.29, 0.717) is 11.6 Å². The Kier molecular flexibility index (Phi) is 4.48. The summed E-state index contributed by atoms with van der Waals surface area (Å²) in [7, 11) is -1.68. The van der Waals surface area contributed by atoms with Crippen LogP contribution in [0.1, 0.15) is 0 Å². The largest absolute Gasteiger partial charge is 0.497 e. The van der Waals surface area contributed by atoms with Gasteiger partial charge >= 0.3 is 0 Å². The lowest BCUT2D eigenvalue weighted by Gasteiger charge is -2.06. The third-order valence-electron chi connectivity index (χ3n) is 4.26. The lowest BCUT2D eigenvalue weighted by molar-refractivity contribution is 0.415. The number of methoxy groups -OCH3 is 1. The van der Waals surface area contributed by atoms with E-state index in [1.807, 2.05) is 48.5 Å². The summed E-state index contributed by atoms with van der Waals surface area (Å²) in [5, 5.41) is 7.70. The Morgan fingerprint density at radius 1 is 1.00 bits per heavy atom. The maximum Gasteiger partial charge on any atom is 0.247 e. The van der Waals surface area contributed by atoms with E-state index in [2.05, 4.69) is 15.4 Å². The van der Waals surface area contributed by atoms with Gasteiger partial charge in [0, 0.05) is 17.5 Å². The van der Waals surface area contributed by atoms with Crippen molar-refractivity contribution in [2.75, 3.05) is 18.7 Å². The molecule has 8 heteroatoms. The number of fused-ring (bicyclic) bond motifs is 1. The Morgan fingerprint density at radius 2 is 1.75 bits per heavy atom. The average Bonchev–Trinajstić information content (AvgIpc) is 3.10. The normalized spacial score (nSPS) is 11.5. The van der Waals surface area contributed by atoms with Crippen LogP contribution in [0.4, 0.5) is 11.6 Å². The highest BCUT2D eigenvalue weighted by Gasteiger charge is 2.12. The van der Waals surface area contributed by atoms with Gasteiger partial charge in [0.15, 0.2) is 15.5 Å². The third-order valence-corrected chi connectivity index (χ3v) is 5.37. The highest BCUT2D eigenvalue weighted by molar-refractivity contribution is 7.90. The molecule has 2 aromatic carbocycles. The number of pyridine rings is 1. The zero-order chi connectivity index (χ0) is 19.7. The van der Waals surface area contributed by atoms with E-state index in [4.69, 9.17) is 4.74 Å². The monoisotopic (exact) mass is 394 g/mol. The highest BCUT2D eigenvalue weighted by Crippen LogP contribution is 2.24. The second-order valence-electron chi connectivity index (χ2n) is 6.27. The number of anilines is 2. The molecule has 0 fully saturated rings. The third kappa shape index (κ3) is 3.54. The maximum atomic E-state index is 11.9. The Hall–Kier alpha value is -3.39. The molecule has 0 aliphatic carbocycles. The first-order chi connectivity index (χ1) is 13.4. The van der Waals surface area contributed by atoms with Crippen molar-refractivity contribution in [3.63, 3.8) is 0 Å². The number of benzene rings is 2. The molecule has 2 aromatic heterocycles. The van der Waals surface area contributed by atoms with Gasteiger partial charge in [-0.3, -0.25) is 0 Å². The van der Waals surface area contributed by atoms with Gasteiger partial charge < -0.3 is 10.1 Å². The Morgan fingerprint density at radius 3 is 2.46 bits per heavy atom. The first-order valence-electron chi connectivity index (χ1n) is 8.51. The highest BCUT2D eigenvalue weighted by atomic mass is 32.2. The molecule has 0 atom stereocenters. The van der Waals surface area contributed by atoms with Gasteiger partial charge in [-0.2, -0.15) is 4.98 Å². The number of rotatable bonds is 5. The smallest absolute Gasteiger partial charge is 0.247 e. The van der Waals surface area contributed by atoms with Gasteiger partial charge in [0.2, 0.25) is 5.95 Å². The zero-order valence-electron chi connectivity index (χ0n) is 15.3. The molecule has 0 saturated heterocycles. The second-order valence-corrected chi connectivity index (χ2v) is 8.29. The first kappa shape index (κ1) is 18.0. The molecule has 0 aliphatic heterocycles. The molecular weight excluding hydrogens is 376 g/mol. The van der Waals surface area contributed by atoms with E-state index in [9.17, 15) is 8.42 Å². The van der Waals surface area contributed by atoms with Gasteiger partial charge in [0.05, 0.1) is 17.7 Å². The van der Waals surface area contributed by atoms with Crippen molar-refractivity contribution < 1.29 is 13.2 Å². The summed E-state index contributed by atoms with van der Waals surface area (Å²) in [4.78, 5) is 4.76. The van der Waals surface area contributed by atoms with Crippen molar-refractivity contribution in [3.05, 3.63) is 66.7 Å². The zero-order valence-corrected chi connectivity index (χ0v) is 16.1. The van der Waals surface area contributed by atoms with Crippen molar-refractivity contribution in [3.8, 4) is 17.0 Å². The molecule has 4 aromatic rings. The van der Waals surface area contributed by atoms with Crippen molar-refractivity contribution >= 4 is 27.1 Å². The van der Waals surface area contributed by atoms with Crippen LogP contribution in [0.15, 0.2) is 71.6 Å². The molecule has 28 heavy (non-hydrogen) atoms. The number of sulfone groups is 1. The minimum Gasteiger partial charge on any atom is -0.497 e. The molecule has 1 N–H and O–H groups in total. The Labute approximate surface area is 162 Å². The van der Waals surface area contributed by atoms with Crippen LogP contribution in [-0.4, -0.2) is 36.4 Å². The van der Waals surface area contributed by atoms with Crippen LogP contribution < -0.4 is 10.1 Å². The molecule has 2 heterocycles. The summed E-state index contributed by atoms with van der Waals surface area (Å²) in [6, 6.07) is 19.8. The van der Waals surface area contributed by atoms with Gasteiger partial charge in [-0.1, -0.05) is 18.2 Å². The fourth-order valence-electron chi connectivity index (χ4n) is 2.87. The van der Waals surface area contributed by atoms with Crippen molar-refractivity contribution in [1.82, 2.24) is 14.6 Å². The van der Waals surface area contributed by atoms with Crippen LogP contribution in [-0.2, 0) is 9.84 Å². The van der Waals surface area contributed by atoms with Gasteiger partial charge in [-0.05, 0) is 48.5 Å². The van der Waals surface area contributed by atoms with Crippen LogP contribution in [0.25, 0.3) is 16.9 Å². The Bertz CT molecular complexity index is 1250. The van der Waals surface area contributed by atoms with E-state index < -0.39 is 9.84 Å². The minimum absolute atomic E-state index is 0.263. The molecule has 0 saturated carbocycles. The first-order valence-corrected chi connectivity index (χ1v) is 10.4. The molecule has 0 aliphatic rings. The maximum absolute atomic E-state index is 11.9. The van der Waals surface area contributed by atoms with Crippen LogP contribution in [0.3, 0.4) is 0 Å². The molecule has 142 valence electrons. The van der Waals surface area contributed by atoms with Crippen LogP contribution in [0.2, 0.25) is 0 Å². The molecular formula is C20H18N4O3S. The van der Waals surface area contributed by atoms with Gasteiger partial charge in [-0.15, -0.1) is 5.10 Å². The quantitative estimate of drug-likeness (QED) is 0.557. The second kappa shape index (κ2) is 6.97. The SMILES string of the molecule is COc1ccc(Nc2nc3cccc(-c4cccc(S(C)(=O)=O)c4)n3n2)cc1. The molecule has 0 unspecified atom stereocenters. The predicted molar refractivity (Wildman–Crippen MR) is 108 cm³/mol. The summed E-state index contributed by atoms with van der Waals surface area (Å²) in [6.07, 6.45) is 1.19. The lowest BCUT2D eigenvalue weighted by Crippen LogP contribution is -1.99. The number of hydrogen-bond acceptors (Lipinski definition) is 6. The summed E-state index contributed by atoms with van der Waals surface area (Å²) in [5.74, 6) is 1.21. The molecule has 0 radical (unpaired) electrons. The van der Waals surface area contributed by atoms with Crippen molar-refractivity contribution in [2.24, 2.45) is 0 Å². The van der Waals surface area contributed by atoms with Crippen LogP contribution in [0, 0.1) is 0 Å². The molecule has 4 rings (SSSR count). The van der Waals surface area contributed by atoms with E-state index in [-0.39, 0.29) is 4.90 Å². The number of nitrogens with one attached hydrogen (secondary N) is 1. The van der Waals surface area contributed by atoms with E-state index in [0.717, 1.165) is 22.7 Å². The van der Waals surface area contributed by atoms with Gasteiger partial charge in [0.25, 0.3) is 0 Å². The number of aromatic nitrogens is 3. The standard InChI is InChI=1S/C20H18N4O3S/c1-27-16-11-9-15(10-12-16)21-20-22-19-8-4-7-18(24(19)23-20)14-5-3-6-17(13-14)28(2,25)26/h3-13H,1-2H3,(H,21,23). The van der Waals surface area contributed by atoms with E-state index >= 15 is 0 Å². The number of hydrogen-bond donors (Lipinski definition) is 1. The molecule has 0 bridgehead atoms. The van der Waals surface area contributed by atoms with Crippen LogP contribution in [0.5, 0.6) is 5.75 Å². The predicted octanol–water partition coefficient (Wildman–Crippen LogP) is 3.55. The summed E-state index contributed by atoms with van der Waals surface area (Å²) >= 11 is 0. The van der Waals surface area contributed by atoms with E-state index in [1.165, 1.54) is 6.26 Å². The number of ether oxygens (including phenoxy) is 1.